The summed E-state index contributed by atoms with van der Waals surface area (Å²) in [5, 5.41) is 2.61. The Balaban J connectivity index is 3.10. The molecule has 0 amide bonds. The molecular formula is C8H11FN2O2S. The van der Waals surface area contributed by atoms with Crippen molar-refractivity contribution in [2.24, 2.45) is 0 Å². The van der Waals surface area contributed by atoms with E-state index in [2.05, 4.69) is 10.0 Å². The molecule has 6 heteroatoms. The Morgan fingerprint density at radius 1 is 1.29 bits per heavy atom. The number of halogens is 1. The van der Waals surface area contributed by atoms with Crippen LogP contribution in [0.5, 0.6) is 0 Å². The topological polar surface area (TPSA) is 58.2 Å². The van der Waals surface area contributed by atoms with Gasteiger partial charge in [0.25, 0.3) is 0 Å². The van der Waals surface area contributed by atoms with Crippen molar-refractivity contribution in [2.45, 2.75) is 0 Å². The molecule has 0 bridgehead atoms. The Kier molecular flexibility index (Phi) is 2.95. The minimum atomic E-state index is -3.44. The fourth-order valence-electron chi connectivity index (χ4n) is 1.00. The maximum Gasteiger partial charge on any atom is 0.229 e. The van der Waals surface area contributed by atoms with E-state index in [9.17, 15) is 12.8 Å². The second-order valence-electron chi connectivity index (χ2n) is 2.79. The van der Waals surface area contributed by atoms with Gasteiger partial charge in [-0.15, -0.1) is 0 Å². The molecule has 4 nitrogen and oxygen atoms in total. The largest absolute Gasteiger partial charge is 0.386 e. The third kappa shape index (κ3) is 2.59. The molecule has 0 saturated carbocycles. The highest BCUT2D eigenvalue weighted by atomic mass is 32.2. The van der Waals surface area contributed by atoms with Gasteiger partial charge in [-0.05, 0) is 12.1 Å². The summed E-state index contributed by atoms with van der Waals surface area (Å²) in [5.41, 5.74) is 0.193. The van der Waals surface area contributed by atoms with Crippen molar-refractivity contribution < 1.29 is 12.8 Å². The van der Waals surface area contributed by atoms with Crippen LogP contribution in [0.25, 0.3) is 0 Å². The second kappa shape index (κ2) is 3.83. The lowest BCUT2D eigenvalue weighted by atomic mass is 10.2. The third-order valence-electron chi connectivity index (χ3n) is 1.56. The number of rotatable bonds is 3. The van der Waals surface area contributed by atoms with Crippen molar-refractivity contribution >= 4 is 21.4 Å². The summed E-state index contributed by atoms with van der Waals surface area (Å²) in [6, 6.07) is 4.43. The van der Waals surface area contributed by atoms with Crippen molar-refractivity contribution in [3.8, 4) is 0 Å². The van der Waals surface area contributed by atoms with Gasteiger partial charge in [-0.2, -0.15) is 0 Å². The number of benzene rings is 1. The Labute approximate surface area is 82.2 Å². The Morgan fingerprint density at radius 3 is 2.36 bits per heavy atom. The molecule has 1 rings (SSSR count). The first-order chi connectivity index (χ1) is 6.44. The molecule has 0 spiro atoms. The lowest BCUT2D eigenvalue weighted by Crippen LogP contribution is -2.11. The van der Waals surface area contributed by atoms with E-state index in [0.29, 0.717) is 0 Å². The molecule has 1 aromatic rings. The summed E-state index contributed by atoms with van der Waals surface area (Å²) >= 11 is 0. The fraction of sp³-hybridized carbons (Fsp3) is 0.250. The Bertz CT molecular complexity index is 431. The molecule has 0 radical (unpaired) electrons. The summed E-state index contributed by atoms with van der Waals surface area (Å²) in [5.74, 6) is -0.611. The highest BCUT2D eigenvalue weighted by molar-refractivity contribution is 7.92. The molecule has 2 N–H and O–H groups in total. The first kappa shape index (κ1) is 10.8. The van der Waals surface area contributed by atoms with E-state index in [1.54, 1.807) is 13.1 Å². The predicted molar refractivity (Wildman–Crippen MR) is 54.4 cm³/mol. The van der Waals surface area contributed by atoms with Crippen LogP contribution < -0.4 is 10.0 Å². The lowest BCUT2D eigenvalue weighted by Gasteiger charge is -2.08. The normalized spacial score (nSPS) is 11.1. The van der Waals surface area contributed by atoms with E-state index in [1.807, 2.05) is 0 Å². The van der Waals surface area contributed by atoms with E-state index in [-0.39, 0.29) is 11.4 Å². The molecule has 0 heterocycles. The van der Waals surface area contributed by atoms with Crippen LogP contribution in [0.3, 0.4) is 0 Å². The van der Waals surface area contributed by atoms with Crippen LogP contribution in [-0.4, -0.2) is 21.7 Å². The van der Waals surface area contributed by atoms with Gasteiger partial charge >= 0.3 is 0 Å². The highest BCUT2D eigenvalue weighted by Gasteiger charge is 2.09. The van der Waals surface area contributed by atoms with Crippen molar-refractivity contribution in [1.82, 2.24) is 0 Å². The predicted octanol–water partition coefficient (Wildman–Crippen LogP) is 1.24. The quantitative estimate of drug-likeness (QED) is 0.802. The van der Waals surface area contributed by atoms with E-state index in [4.69, 9.17) is 0 Å². The van der Waals surface area contributed by atoms with Crippen LogP contribution in [0, 0.1) is 5.82 Å². The summed E-state index contributed by atoms with van der Waals surface area (Å²) < 4.78 is 37.2. The molecule has 0 saturated heterocycles. The minimum Gasteiger partial charge on any atom is -0.386 e. The molecule has 0 aliphatic heterocycles. The van der Waals surface area contributed by atoms with E-state index in [0.717, 1.165) is 6.26 Å². The molecule has 1 aromatic carbocycles. The van der Waals surface area contributed by atoms with Gasteiger partial charge in [-0.25, -0.2) is 12.8 Å². The minimum absolute atomic E-state index is 0.0562. The lowest BCUT2D eigenvalue weighted by molar-refractivity contribution is 0.604. The standard InChI is InChI=1S/C8H11FN2O2S/c1-10-6-4-3-5-7(8(6)9)11-14(2,12)13/h3-5,10-11H,1-2H3. The third-order valence-corrected chi connectivity index (χ3v) is 2.15. The van der Waals surface area contributed by atoms with Crippen molar-refractivity contribution in [3.05, 3.63) is 24.0 Å². The number of sulfonamides is 1. The van der Waals surface area contributed by atoms with E-state index < -0.39 is 15.8 Å². The van der Waals surface area contributed by atoms with Crippen LogP contribution >= 0.6 is 0 Å². The molecule has 0 aromatic heterocycles. The average molecular weight is 218 g/mol. The number of anilines is 2. The number of nitrogens with one attached hydrogen (secondary N) is 2. The Morgan fingerprint density at radius 2 is 1.86 bits per heavy atom. The summed E-state index contributed by atoms with van der Waals surface area (Å²) in [6.45, 7) is 0. The first-order valence-corrected chi connectivity index (χ1v) is 5.77. The zero-order chi connectivity index (χ0) is 10.8. The molecule has 0 fully saturated rings. The van der Waals surface area contributed by atoms with Crippen LogP contribution in [0.2, 0.25) is 0 Å². The van der Waals surface area contributed by atoms with Crippen LogP contribution in [0.1, 0.15) is 0 Å². The van der Waals surface area contributed by atoms with Gasteiger partial charge in [0.1, 0.15) is 0 Å². The van der Waals surface area contributed by atoms with Gasteiger partial charge < -0.3 is 5.32 Å². The summed E-state index contributed by atoms with van der Waals surface area (Å²) in [7, 11) is -1.88. The van der Waals surface area contributed by atoms with E-state index in [1.165, 1.54) is 12.1 Å². The van der Waals surface area contributed by atoms with Gasteiger partial charge in [-0.3, -0.25) is 4.72 Å². The smallest absolute Gasteiger partial charge is 0.229 e. The zero-order valence-corrected chi connectivity index (χ0v) is 8.65. The number of hydrogen-bond acceptors (Lipinski definition) is 3. The van der Waals surface area contributed by atoms with Crippen LogP contribution in [0.4, 0.5) is 15.8 Å². The zero-order valence-electron chi connectivity index (χ0n) is 7.83. The van der Waals surface area contributed by atoms with Crippen molar-refractivity contribution in [3.63, 3.8) is 0 Å². The van der Waals surface area contributed by atoms with Crippen molar-refractivity contribution in [2.75, 3.05) is 23.3 Å². The Hall–Kier alpha value is -1.30. The molecule has 14 heavy (non-hydrogen) atoms. The highest BCUT2D eigenvalue weighted by Crippen LogP contribution is 2.22. The second-order valence-corrected chi connectivity index (χ2v) is 4.54. The molecule has 78 valence electrons. The molecule has 0 aliphatic rings. The summed E-state index contributed by atoms with van der Waals surface area (Å²) in [6.07, 6.45) is 0.971. The van der Waals surface area contributed by atoms with Crippen LogP contribution in [-0.2, 0) is 10.0 Å². The van der Waals surface area contributed by atoms with Gasteiger partial charge in [0.15, 0.2) is 5.82 Å². The summed E-state index contributed by atoms with van der Waals surface area (Å²) in [4.78, 5) is 0. The van der Waals surface area contributed by atoms with Gasteiger partial charge in [0.05, 0.1) is 17.6 Å². The molecule has 0 aliphatic carbocycles. The molecular weight excluding hydrogens is 207 g/mol. The van der Waals surface area contributed by atoms with Gasteiger partial charge in [0.2, 0.25) is 10.0 Å². The van der Waals surface area contributed by atoms with Crippen molar-refractivity contribution in [1.29, 1.82) is 0 Å². The fourth-order valence-corrected chi connectivity index (χ4v) is 1.56. The van der Waals surface area contributed by atoms with Gasteiger partial charge in [0, 0.05) is 7.05 Å². The van der Waals surface area contributed by atoms with Gasteiger partial charge in [-0.1, -0.05) is 6.07 Å². The van der Waals surface area contributed by atoms with Crippen LogP contribution in [0.15, 0.2) is 18.2 Å². The molecule has 0 atom stereocenters. The number of hydrogen-bond donors (Lipinski definition) is 2. The monoisotopic (exact) mass is 218 g/mol. The SMILES string of the molecule is CNc1cccc(NS(C)(=O)=O)c1F. The van der Waals surface area contributed by atoms with E-state index >= 15 is 0 Å². The maximum atomic E-state index is 13.4. The maximum absolute atomic E-state index is 13.4. The molecule has 0 unspecified atom stereocenters. The average Bonchev–Trinajstić information content (AvgIpc) is 2.06. The first-order valence-electron chi connectivity index (χ1n) is 3.88.